The molecule has 1 unspecified atom stereocenters. The molecule has 0 saturated carbocycles. The fraction of sp³-hybridized carbons (Fsp3) is 0.625. The van der Waals surface area contributed by atoms with E-state index in [1.54, 1.807) is 0 Å². The SMILES string of the molecule is Cc1cc(C)c(CNC(C)CC(C)C)cc1C. The zero-order chi connectivity index (χ0) is 13.0. The highest BCUT2D eigenvalue weighted by Crippen LogP contribution is 2.15. The van der Waals surface area contributed by atoms with Crippen LogP contribution >= 0.6 is 0 Å². The lowest BCUT2D eigenvalue weighted by atomic mass is 10.00. The van der Waals surface area contributed by atoms with E-state index in [9.17, 15) is 0 Å². The van der Waals surface area contributed by atoms with Gasteiger partial charge in [-0.2, -0.15) is 0 Å². The van der Waals surface area contributed by atoms with Gasteiger partial charge in [0.1, 0.15) is 0 Å². The lowest BCUT2D eigenvalue weighted by Gasteiger charge is -2.17. The van der Waals surface area contributed by atoms with E-state index in [0.717, 1.165) is 12.5 Å². The first-order valence-corrected chi connectivity index (χ1v) is 6.70. The Morgan fingerprint density at radius 1 is 0.941 bits per heavy atom. The van der Waals surface area contributed by atoms with Gasteiger partial charge in [0.15, 0.2) is 0 Å². The van der Waals surface area contributed by atoms with Crippen LogP contribution < -0.4 is 5.32 Å². The average Bonchev–Trinajstić information content (AvgIpc) is 2.20. The van der Waals surface area contributed by atoms with E-state index in [4.69, 9.17) is 0 Å². The molecule has 0 amide bonds. The Balaban J connectivity index is 2.60. The summed E-state index contributed by atoms with van der Waals surface area (Å²) in [5, 5.41) is 3.62. The van der Waals surface area contributed by atoms with Crippen molar-refractivity contribution < 1.29 is 0 Å². The highest BCUT2D eigenvalue weighted by atomic mass is 14.9. The largest absolute Gasteiger partial charge is 0.310 e. The third-order valence-electron chi connectivity index (χ3n) is 3.42. The lowest BCUT2D eigenvalue weighted by Crippen LogP contribution is -2.27. The summed E-state index contributed by atoms with van der Waals surface area (Å²) >= 11 is 0. The predicted molar refractivity (Wildman–Crippen MR) is 76.4 cm³/mol. The van der Waals surface area contributed by atoms with Crippen LogP contribution in [0.5, 0.6) is 0 Å². The van der Waals surface area contributed by atoms with E-state index in [-0.39, 0.29) is 0 Å². The molecule has 1 aromatic carbocycles. The predicted octanol–water partition coefficient (Wildman–Crippen LogP) is 4.14. The quantitative estimate of drug-likeness (QED) is 0.806. The first-order valence-electron chi connectivity index (χ1n) is 6.70. The van der Waals surface area contributed by atoms with Crippen molar-refractivity contribution in [3.8, 4) is 0 Å². The summed E-state index contributed by atoms with van der Waals surface area (Å²) < 4.78 is 0. The molecule has 0 fully saturated rings. The fourth-order valence-electron chi connectivity index (χ4n) is 2.29. The molecule has 1 atom stereocenters. The van der Waals surface area contributed by atoms with Crippen molar-refractivity contribution in [2.45, 2.75) is 60.5 Å². The summed E-state index contributed by atoms with van der Waals surface area (Å²) in [4.78, 5) is 0. The summed E-state index contributed by atoms with van der Waals surface area (Å²) in [7, 11) is 0. The zero-order valence-corrected chi connectivity index (χ0v) is 12.2. The molecular formula is C16H27N. The average molecular weight is 233 g/mol. The summed E-state index contributed by atoms with van der Waals surface area (Å²) in [6.07, 6.45) is 1.24. The molecule has 0 bridgehead atoms. The Morgan fingerprint density at radius 2 is 1.53 bits per heavy atom. The van der Waals surface area contributed by atoms with E-state index in [0.29, 0.717) is 6.04 Å². The number of hydrogen-bond donors (Lipinski definition) is 1. The topological polar surface area (TPSA) is 12.0 Å². The standard InChI is InChI=1S/C16H27N/c1-11(2)7-15(6)17-10-16-9-13(4)12(3)8-14(16)5/h8-9,11,15,17H,7,10H2,1-6H3. The van der Waals surface area contributed by atoms with Gasteiger partial charge < -0.3 is 5.32 Å². The second-order valence-electron chi connectivity index (χ2n) is 5.77. The van der Waals surface area contributed by atoms with Gasteiger partial charge in [0.05, 0.1) is 0 Å². The summed E-state index contributed by atoms with van der Waals surface area (Å²) in [5.74, 6) is 0.762. The number of nitrogens with one attached hydrogen (secondary N) is 1. The van der Waals surface area contributed by atoms with Gasteiger partial charge in [-0.25, -0.2) is 0 Å². The van der Waals surface area contributed by atoms with Gasteiger partial charge in [0.25, 0.3) is 0 Å². The van der Waals surface area contributed by atoms with Gasteiger partial charge in [0, 0.05) is 12.6 Å². The van der Waals surface area contributed by atoms with E-state index in [2.05, 4.69) is 59.0 Å². The molecule has 0 aromatic heterocycles. The van der Waals surface area contributed by atoms with Crippen LogP contribution in [0.2, 0.25) is 0 Å². The van der Waals surface area contributed by atoms with Crippen LogP contribution in [0.4, 0.5) is 0 Å². The van der Waals surface area contributed by atoms with Crippen molar-refractivity contribution in [3.05, 3.63) is 34.4 Å². The van der Waals surface area contributed by atoms with Crippen molar-refractivity contribution in [1.82, 2.24) is 5.32 Å². The fourth-order valence-corrected chi connectivity index (χ4v) is 2.29. The molecule has 0 aliphatic heterocycles. The van der Waals surface area contributed by atoms with Crippen LogP contribution in [-0.2, 0) is 6.54 Å². The molecule has 0 aliphatic rings. The molecule has 0 heterocycles. The van der Waals surface area contributed by atoms with Gasteiger partial charge >= 0.3 is 0 Å². The Morgan fingerprint density at radius 3 is 2.12 bits per heavy atom. The van der Waals surface area contributed by atoms with Crippen LogP contribution in [0.15, 0.2) is 12.1 Å². The third-order valence-corrected chi connectivity index (χ3v) is 3.42. The van der Waals surface area contributed by atoms with E-state index in [1.807, 2.05) is 0 Å². The summed E-state index contributed by atoms with van der Waals surface area (Å²) in [6.45, 7) is 14.4. The normalized spacial score (nSPS) is 13.1. The van der Waals surface area contributed by atoms with Crippen LogP contribution in [0.1, 0.15) is 49.4 Å². The molecule has 0 radical (unpaired) electrons. The van der Waals surface area contributed by atoms with Crippen LogP contribution in [0, 0.1) is 26.7 Å². The first-order chi connectivity index (χ1) is 7.90. The highest BCUT2D eigenvalue weighted by Gasteiger charge is 2.06. The van der Waals surface area contributed by atoms with Crippen LogP contribution in [-0.4, -0.2) is 6.04 Å². The molecule has 0 saturated heterocycles. The molecule has 0 spiro atoms. The van der Waals surface area contributed by atoms with Crippen molar-refractivity contribution in [2.75, 3.05) is 0 Å². The monoisotopic (exact) mass is 233 g/mol. The van der Waals surface area contributed by atoms with Crippen molar-refractivity contribution in [2.24, 2.45) is 5.92 Å². The molecular weight excluding hydrogens is 206 g/mol. The van der Waals surface area contributed by atoms with Gasteiger partial charge in [0.2, 0.25) is 0 Å². The maximum absolute atomic E-state index is 3.62. The molecule has 96 valence electrons. The lowest BCUT2D eigenvalue weighted by molar-refractivity contribution is 0.441. The van der Waals surface area contributed by atoms with Crippen molar-refractivity contribution >= 4 is 0 Å². The zero-order valence-electron chi connectivity index (χ0n) is 12.2. The number of benzene rings is 1. The maximum Gasteiger partial charge on any atom is 0.0210 e. The Hall–Kier alpha value is -0.820. The number of hydrogen-bond acceptors (Lipinski definition) is 1. The first kappa shape index (κ1) is 14.2. The molecule has 1 N–H and O–H groups in total. The Kier molecular flexibility index (Phi) is 5.20. The summed E-state index contributed by atoms with van der Waals surface area (Å²) in [6, 6.07) is 5.20. The van der Waals surface area contributed by atoms with Gasteiger partial charge in [-0.3, -0.25) is 0 Å². The van der Waals surface area contributed by atoms with Crippen LogP contribution in [0.3, 0.4) is 0 Å². The third kappa shape index (κ3) is 4.51. The Bertz CT molecular complexity index is 366. The summed E-state index contributed by atoms with van der Waals surface area (Å²) in [5.41, 5.74) is 5.62. The van der Waals surface area contributed by atoms with Gasteiger partial charge in [-0.1, -0.05) is 26.0 Å². The van der Waals surface area contributed by atoms with E-state index < -0.39 is 0 Å². The highest BCUT2D eigenvalue weighted by molar-refractivity contribution is 5.36. The second kappa shape index (κ2) is 6.20. The van der Waals surface area contributed by atoms with Crippen molar-refractivity contribution in [3.63, 3.8) is 0 Å². The minimum Gasteiger partial charge on any atom is -0.310 e. The smallest absolute Gasteiger partial charge is 0.0210 e. The second-order valence-corrected chi connectivity index (χ2v) is 5.77. The van der Waals surface area contributed by atoms with E-state index in [1.165, 1.54) is 28.7 Å². The molecule has 1 nitrogen and oxygen atoms in total. The van der Waals surface area contributed by atoms with E-state index >= 15 is 0 Å². The minimum atomic E-state index is 0.594. The molecule has 1 heteroatoms. The number of rotatable bonds is 5. The minimum absolute atomic E-state index is 0.594. The van der Waals surface area contributed by atoms with Gasteiger partial charge in [-0.05, 0) is 62.3 Å². The van der Waals surface area contributed by atoms with Crippen molar-refractivity contribution in [1.29, 1.82) is 0 Å². The number of aryl methyl sites for hydroxylation is 3. The maximum atomic E-state index is 3.62. The molecule has 0 aliphatic carbocycles. The molecule has 17 heavy (non-hydrogen) atoms. The molecule has 1 rings (SSSR count). The Labute approximate surface area is 107 Å². The molecule has 1 aromatic rings. The van der Waals surface area contributed by atoms with Gasteiger partial charge in [-0.15, -0.1) is 0 Å². The van der Waals surface area contributed by atoms with Crippen LogP contribution in [0.25, 0.3) is 0 Å².